The monoisotopic (exact) mass is 340 g/mol. The first-order valence-corrected chi connectivity index (χ1v) is 8.25. The van der Waals surface area contributed by atoms with Gasteiger partial charge in [-0.05, 0) is 55.2 Å². The lowest BCUT2D eigenvalue weighted by Crippen LogP contribution is -2.37. The van der Waals surface area contributed by atoms with Crippen LogP contribution in [0.15, 0.2) is 42.5 Å². The Bertz CT molecular complexity index is 742. The molecule has 0 saturated heterocycles. The minimum absolute atomic E-state index is 0.0439. The maximum atomic E-state index is 11.9. The molecule has 2 aromatic carbocycles. The maximum absolute atomic E-state index is 11.9. The van der Waals surface area contributed by atoms with E-state index in [1.165, 1.54) is 11.1 Å². The molecule has 2 amide bonds. The second-order valence-corrected chi connectivity index (χ2v) is 5.90. The van der Waals surface area contributed by atoms with Crippen molar-refractivity contribution in [3.63, 3.8) is 0 Å². The highest BCUT2D eigenvalue weighted by atomic mass is 16.5. The predicted molar refractivity (Wildman–Crippen MR) is 98.0 cm³/mol. The molecular weight excluding hydrogens is 316 g/mol. The van der Waals surface area contributed by atoms with Crippen molar-refractivity contribution in [1.82, 2.24) is 10.6 Å². The molecule has 5 heteroatoms. The summed E-state index contributed by atoms with van der Waals surface area (Å²) < 4.78 is 5.40. The Balaban J connectivity index is 1.79. The van der Waals surface area contributed by atoms with Gasteiger partial charge >= 0.3 is 0 Å². The van der Waals surface area contributed by atoms with E-state index < -0.39 is 0 Å². The average molecular weight is 340 g/mol. The van der Waals surface area contributed by atoms with Crippen LogP contribution in [0.3, 0.4) is 0 Å². The molecule has 0 atom stereocenters. The summed E-state index contributed by atoms with van der Waals surface area (Å²) in [5, 5.41) is 5.43. The van der Waals surface area contributed by atoms with Crippen molar-refractivity contribution in [2.24, 2.45) is 0 Å². The van der Waals surface area contributed by atoms with E-state index in [0.717, 1.165) is 11.3 Å². The fourth-order valence-electron chi connectivity index (χ4n) is 2.49. The number of carbonyl (C=O) groups is 2. The summed E-state index contributed by atoms with van der Waals surface area (Å²) in [6, 6.07) is 12.9. The van der Waals surface area contributed by atoms with Crippen molar-refractivity contribution < 1.29 is 14.3 Å². The van der Waals surface area contributed by atoms with Crippen LogP contribution >= 0.6 is 0 Å². The molecule has 0 spiro atoms. The first-order chi connectivity index (χ1) is 12.0. The third-order valence-corrected chi connectivity index (χ3v) is 4.06. The molecule has 0 saturated carbocycles. The summed E-state index contributed by atoms with van der Waals surface area (Å²) in [5.41, 5.74) is 3.96. The number of rotatable bonds is 7. The molecule has 2 N–H and O–H groups in total. The highest BCUT2D eigenvalue weighted by molar-refractivity contribution is 5.96. The van der Waals surface area contributed by atoms with Gasteiger partial charge in [0.15, 0.2) is 0 Å². The van der Waals surface area contributed by atoms with E-state index in [-0.39, 0.29) is 18.4 Å². The van der Waals surface area contributed by atoms with Gasteiger partial charge in [-0.25, -0.2) is 0 Å². The molecule has 2 aromatic rings. The first-order valence-electron chi connectivity index (χ1n) is 8.25. The molecule has 0 aromatic heterocycles. The normalized spacial score (nSPS) is 10.2. The van der Waals surface area contributed by atoms with Gasteiger partial charge < -0.3 is 15.4 Å². The van der Waals surface area contributed by atoms with Crippen LogP contribution in [-0.2, 0) is 11.2 Å². The molecule has 0 aliphatic rings. The number of hydrogen-bond acceptors (Lipinski definition) is 3. The zero-order valence-corrected chi connectivity index (χ0v) is 14.9. The fourth-order valence-corrected chi connectivity index (χ4v) is 2.49. The SMILES string of the molecule is COc1cc(C)c(C)cc1CCNC(=O)CNC(=O)c1ccccc1. The molecule has 5 nitrogen and oxygen atoms in total. The lowest BCUT2D eigenvalue weighted by atomic mass is 10.0. The molecule has 0 aliphatic carbocycles. The summed E-state index contributed by atoms with van der Waals surface area (Å²) in [6.45, 7) is 4.53. The van der Waals surface area contributed by atoms with Crippen LogP contribution < -0.4 is 15.4 Å². The van der Waals surface area contributed by atoms with E-state index in [1.807, 2.05) is 19.1 Å². The van der Waals surface area contributed by atoms with E-state index in [4.69, 9.17) is 4.74 Å². The van der Waals surface area contributed by atoms with Gasteiger partial charge in [-0.15, -0.1) is 0 Å². The van der Waals surface area contributed by atoms with Crippen LogP contribution in [0.25, 0.3) is 0 Å². The fraction of sp³-hybridized carbons (Fsp3) is 0.300. The van der Waals surface area contributed by atoms with Crippen LogP contribution in [0.5, 0.6) is 5.75 Å². The first kappa shape index (κ1) is 18.5. The Morgan fingerprint density at radius 3 is 2.36 bits per heavy atom. The van der Waals surface area contributed by atoms with Crippen molar-refractivity contribution in [3.05, 3.63) is 64.7 Å². The number of benzene rings is 2. The quantitative estimate of drug-likeness (QED) is 0.813. The standard InChI is InChI=1S/C20H24N2O3/c1-14-11-17(18(25-3)12-15(14)2)9-10-21-19(23)13-22-20(24)16-7-5-4-6-8-16/h4-8,11-12H,9-10,13H2,1-3H3,(H,21,23)(H,22,24). The number of nitrogens with one attached hydrogen (secondary N) is 2. The van der Waals surface area contributed by atoms with Gasteiger partial charge in [-0.1, -0.05) is 24.3 Å². The molecule has 0 radical (unpaired) electrons. The number of carbonyl (C=O) groups excluding carboxylic acids is 2. The second kappa shape index (κ2) is 8.87. The lowest BCUT2D eigenvalue weighted by Gasteiger charge is -2.12. The highest BCUT2D eigenvalue weighted by Gasteiger charge is 2.09. The maximum Gasteiger partial charge on any atom is 0.251 e. The predicted octanol–water partition coefficient (Wildman–Crippen LogP) is 2.40. The van der Waals surface area contributed by atoms with Gasteiger partial charge in [-0.2, -0.15) is 0 Å². The van der Waals surface area contributed by atoms with Gasteiger partial charge in [0.05, 0.1) is 13.7 Å². The number of hydrogen-bond donors (Lipinski definition) is 2. The minimum atomic E-state index is -0.258. The van der Waals surface area contributed by atoms with E-state index in [2.05, 4.69) is 23.6 Å². The molecular formula is C20H24N2O3. The molecule has 0 fully saturated rings. The number of aryl methyl sites for hydroxylation is 2. The van der Waals surface area contributed by atoms with E-state index in [9.17, 15) is 9.59 Å². The van der Waals surface area contributed by atoms with Crippen molar-refractivity contribution in [2.45, 2.75) is 20.3 Å². The average Bonchev–Trinajstić information content (AvgIpc) is 2.63. The third-order valence-electron chi connectivity index (χ3n) is 4.06. The molecule has 132 valence electrons. The topological polar surface area (TPSA) is 67.4 Å². The van der Waals surface area contributed by atoms with Gasteiger partial charge in [0.1, 0.15) is 5.75 Å². The molecule has 0 unspecified atom stereocenters. The van der Waals surface area contributed by atoms with E-state index >= 15 is 0 Å². The molecule has 0 bridgehead atoms. The largest absolute Gasteiger partial charge is 0.496 e. The number of ether oxygens (including phenoxy) is 1. The summed E-state index contributed by atoms with van der Waals surface area (Å²) in [6.07, 6.45) is 0.669. The number of amides is 2. The van der Waals surface area contributed by atoms with Crippen molar-refractivity contribution in [2.75, 3.05) is 20.2 Å². The van der Waals surface area contributed by atoms with Crippen LogP contribution in [0.4, 0.5) is 0 Å². The van der Waals surface area contributed by atoms with Gasteiger partial charge in [0.25, 0.3) is 5.91 Å². The summed E-state index contributed by atoms with van der Waals surface area (Å²) in [7, 11) is 1.64. The summed E-state index contributed by atoms with van der Waals surface area (Å²) in [5.74, 6) is 0.355. The smallest absolute Gasteiger partial charge is 0.251 e. The Hall–Kier alpha value is -2.82. The zero-order chi connectivity index (χ0) is 18.2. The van der Waals surface area contributed by atoms with Crippen LogP contribution in [0, 0.1) is 13.8 Å². The molecule has 25 heavy (non-hydrogen) atoms. The second-order valence-electron chi connectivity index (χ2n) is 5.90. The Kier molecular flexibility index (Phi) is 6.57. The van der Waals surface area contributed by atoms with Gasteiger partial charge in [-0.3, -0.25) is 9.59 Å². The molecule has 0 aliphatic heterocycles. The molecule has 0 heterocycles. The lowest BCUT2D eigenvalue weighted by molar-refractivity contribution is -0.120. The van der Waals surface area contributed by atoms with Gasteiger partial charge in [0, 0.05) is 12.1 Å². The van der Waals surface area contributed by atoms with E-state index in [1.54, 1.807) is 31.4 Å². The van der Waals surface area contributed by atoms with Crippen molar-refractivity contribution >= 4 is 11.8 Å². The number of methoxy groups -OCH3 is 1. The van der Waals surface area contributed by atoms with Crippen LogP contribution in [0.2, 0.25) is 0 Å². The highest BCUT2D eigenvalue weighted by Crippen LogP contribution is 2.23. The zero-order valence-electron chi connectivity index (χ0n) is 14.9. The Morgan fingerprint density at radius 1 is 1.00 bits per heavy atom. The van der Waals surface area contributed by atoms with Gasteiger partial charge in [0.2, 0.25) is 5.91 Å². The third kappa shape index (κ3) is 5.35. The summed E-state index contributed by atoms with van der Waals surface area (Å²) in [4.78, 5) is 23.8. The summed E-state index contributed by atoms with van der Waals surface area (Å²) >= 11 is 0. The minimum Gasteiger partial charge on any atom is -0.496 e. The molecule has 2 rings (SSSR count). The Morgan fingerprint density at radius 2 is 1.68 bits per heavy atom. The Labute approximate surface area is 148 Å². The van der Waals surface area contributed by atoms with E-state index in [0.29, 0.717) is 18.5 Å². The van der Waals surface area contributed by atoms with Crippen LogP contribution in [0.1, 0.15) is 27.0 Å². The van der Waals surface area contributed by atoms with Crippen molar-refractivity contribution in [1.29, 1.82) is 0 Å². The van der Waals surface area contributed by atoms with Crippen LogP contribution in [-0.4, -0.2) is 32.0 Å². The van der Waals surface area contributed by atoms with Crippen molar-refractivity contribution in [3.8, 4) is 5.75 Å².